The second-order valence-electron chi connectivity index (χ2n) is 4.08. The lowest BCUT2D eigenvalue weighted by molar-refractivity contribution is -0.115. The molecule has 1 heterocycles. The second kappa shape index (κ2) is 2.83. The first-order valence-electron chi connectivity index (χ1n) is 5.05. The summed E-state index contributed by atoms with van der Waals surface area (Å²) < 4.78 is 0. The van der Waals surface area contributed by atoms with Crippen molar-refractivity contribution in [3.05, 3.63) is 41.5 Å². The van der Waals surface area contributed by atoms with Crippen molar-refractivity contribution in [2.45, 2.75) is 13.3 Å². The monoisotopic (exact) mass is 197 g/mol. The lowest BCUT2D eigenvalue weighted by atomic mass is 10.0. The minimum atomic E-state index is 0.0945. The maximum absolute atomic E-state index is 11.2. The molecule has 1 aliphatic rings. The highest BCUT2D eigenvalue weighted by Gasteiger charge is 2.17. The maximum Gasteiger partial charge on any atom is 0.228 e. The Kier molecular flexibility index (Phi) is 1.60. The fourth-order valence-electron chi connectivity index (χ4n) is 2.09. The van der Waals surface area contributed by atoms with Gasteiger partial charge in [-0.05, 0) is 35.4 Å². The zero-order valence-corrected chi connectivity index (χ0v) is 8.50. The molecule has 0 aromatic heterocycles. The molecule has 1 amide bonds. The molecule has 0 spiro atoms. The Hall–Kier alpha value is -1.83. The molecule has 2 aromatic carbocycles. The minimum Gasteiger partial charge on any atom is -0.326 e. The molecule has 1 aliphatic heterocycles. The van der Waals surface area contributed by atoms with E-state index in [1.807, 2.05) is 0 Å². The molecule has 0 atom stereocenters. The molecule has 0 fully saturated rings. The molecule has 0 bridgehead atoms. The summed E-state index contributed by atoms with van der Waals surface area (Å²) in [6, 6.07) is 10.5. The molecular formula is C13H11NO. The van der Waals surface area contributed by atoms with E-state index in [9.17, 15) is 4.79 Å². The van der Waals surface area contributed by atoms with E-state index in [1.54, 1.807) is 0 Å². The van der Waals surface area contributed by atoms with E-state index in [0.717, 1.165) is 11.3 Å². The SMILES string of the molecule is Cc1ccc2cc3c(cc2c1)NC(=O)C3. The molecule has 0 unspecified atom stereocenters. The van der Waals surface area contributed by atoms with Gasteiger partial charge in [-0.15, -0.1) is 0 Å². The van der Waals surface area contributed by atoms with Crippen molar-refractivity contribution in [2.24, 2.45) is 0 Å². The number of anilines is 1. The number of nitrogens with one attached hydrogen (secondary N) is 1. The smallest absolute Gasteiger partial charge is 0.228 e. The number of benzene rings is 2. The molecule has 74 valence electrons. The third kappa shape index (κ3) is 1.30. The van der Waals surface area contributed by atoms with Gasteiger partial charge in [-0.3, -0.25) is 4.79 Å². The Bertz CT molecular complexity index is 572. The average molecular weight is 197 g/mol. The van der Waals surface area contributed by atoms with E-state index < -0.39 is 0 Å². The van der Waals surface area contributed by atoms with Crippen LogP contribution in [0.25, 0.3) is 10.8 Å². The number of hydrogen-bond acceptors (Lipinski definition) is 1. The molecule has 0 saturated carbocycles. The number of amides is 1. The molecule has 0 radical (unpaired) electrons. The summed E-state index contributed by atoms with van der Waals surface area (Å²) in [4.78, 5) is 11.2. The van der Waals surface area contributed by atoms with Crippen LogP contribution >= 0.6 is 0 Å². The van der Waals surface area contributed by atoms with E-state index in [2.05, 4.69) is 42.6 Å². The molecule has 2 heteroatoms. The molecule has 1 N–H and O–H groups in total. The summed E-state index contributed by atoms with van der Waals surface area (Å²) in [6.45, 7) is 2.07. The Labute approximate surface area is 87.9 Å². The van der Waals surface area contributed by atoms with Gasteiger partial charge in [0.1, 0.15) is 0 Å². The molecule has 2 nitrogen and oxygen atoms in total. The van der Waals surface area contributed by atoms with Crippen molar-refractivity contribution >= 4 is 22.4 Å². The normalized spacial score (nSPS) is 14.1. The summed E-state index contributed by atoms with van der Waals surface area (Å²) >= 11 is 0. The van der Waals surface area contributed by atoms with Crippen molar-refractivity contribution in [2.75, 3.05) is 5.32 Å². The van der Waals surface area contributed by atoms with Gasteiger partial charge < -0.3 is 5.32 Å². The van der Waals surface area contributed by atoms with Crippen molar-refractivity contribution in [1.82, 2.24) is 0 Å². The number of carbonyl (C=O) groups is 1. The van der Waals surface area contributed by atoms with Crippen LogP contribution in [0.4, 0.5) is 5.69 Å². The van der Waals surface area contributed by atoms with Gasteiger partial charge in [0.2, 0.25) is 5.91 Å². The number of hydrogen-bond donors (Lipinski definition) is 1. The summed E-state index contributed by atoms with van der Waals surface area (Å²) in [7, 11) is 0. The van der Waals surface area contributed by atoms with Gasteiger partial charge in [0.15, 0.2) is 0 Å². The first-order valence-corrected chi connectivity index (χ1v) is 5.05. The minimum absolute atomic E-state index is 0.0945. The highest BCUT2D eigenvalue weighted by atomic mass is 16.1. The third-order valence-corrected chi connectivity index (χ3v) is 2.84. The lowest BCUT2D eigenvalue weighted by Crippen LogP contribution is -2.03. The summed E-state index contributed by atoms with van der Waals surface area (Å²) in [5.41, 5.74) is 3.32. The fraction of sp³-hybridized carbons (Fsp3) is 0.154. The van der Waals surface area contributed by atoms with E-state index >= 15 is 0 Å². The van der Waals surface area contributed by atoms with E-state index in [4.69, 9.17) is 0 Å². The zero-order valence-electron chi connectivity index (χ0n) is 8.50. The van der Waals surface area contributed by atoms with Gasteiger partial charge in [0, 0.05) is 5.69 Å². The van der Waals surface area contributed by atoms with Crippen LogP contribution in [0.2, 0.25) is 0 Å². The van der Waals surface area contributed by atoms with Crippen LogP contribution in [-0.2, 0) is 11.2 Å². The van der Waals surface area contributed by atoms with Gasteiger partial charge in [-0.1, -0.05) is 23.8 Å². The number of fused-ring (bicyclic) bond motifs is 2. The Balaban J connectivity index is 2.29. The Morgan fingerprint density at radius 1 is 1.13 bits per heavy atom. The predicted molar refractivity (Wildman–Crippen MR) is 61.0 cm³/mol. The first kappa shape index (κ1) is 8.48. The van der Waals surface area contributed by atoms with Crippen molar-refractivity contribution in [3.63, 3.8) is 0 Å². The topological polar surface area (TPSA) is 29.1 Å². The van der Waals surface area contributed by atoms with E-state index in [1.165, 1.54) is 16.3 Å². The van der Waals surface area contributed by atoms with Crippen LogP contribution in [0.3, 0.4) is 0 Å². The molecular weight excluding hydrogens is 186 g/mol. The summed E-state index contributed by atoms with van der Waals surface area (Å²) in [6.07, 6.45) is 0.513. The molecule has 0 saturated heterocycles. The van der Waals surface area contributed by atoms with Crippen LogP contribution < -0.4 is 5.32 Å². The third-order valence-electron chi connectivity index (χ3n) is 2.84. The van der Waals surface area contributed by atoms with E-state index in [-0.39, 0.29) is 5.91 Å². The maximum atomic E-state index is 11.2. The van der Waals surface area contributed by atoms with Crippen molar-refractivity contribution in [3.8, 4) is 0 Å². The molecule has 15 heavy (non-hydrogen) atoms. The summed E-state index contributed by atoms with van der Waals surface area (Å²) in [5, 5.41) is 5.27. The number of aryl methyl sites for hydroxylation is 1. The van der Waals surface area contributed by atoms with Gasteiger partial charge in [0.05, 0.1) is 6.42 Å². The van der Waals surface area contributed by atoms with Crippen LogP contribution in [-0.4, -0.2) is 5.91 Å². The Morgan fingerprint density at radius 2 is 2.00 bits per heavy atom. The van der Waals surface area contributed by atoms with Gasteiger partial charge in [-0.2, -0.15) is 0 Å². The highest BCUT2D eigenvalue weighted by molar-refractivity contribution is 6.02. The van der Waals surface area contributed by atoms with Crippen molar-refractivity contribution in [1.29, 1.82) is 0 Å². The first-order chi connectivity index (χ1) is 7.22. The van der Waals surface area contributed by atoms with Gasteiger partial charge >= 0.3 is 0 Å². The number of carbonyl (C=O) groups excluding carboxylic acids is 1. The van der Waals surface area contributed by atoms with E-state index in [0.29, 0.717) is 6.42 Å². The van der Waals surface area contributed by atoms with Crippen LogP contribution in [0.5, 0.6) is 0 Å². The lowest BCUT2D eigenvalue weighted by Gasteiger charge is -2.03. The van der Waals surface area contributed by atoms with Crippen LogP contribution in [0, 0.1) is 6.92 Å². The quantitative estimate of drug-likeness (QED) is 0.691. The van der Waals surface area contributed by atoms with Gasteiger partial charge in [-0.25, -0.2) is 0 Å². The second-order valence-corrected chi connectivity index (χ2v) is 4.08. The van der Waals surface area contributed by atoms with Gasteiger partial charge in [0.25, 0.3) is 0 Å². The largest absolute Gasteiger partial charge is 0.326 e. The fourth-order valence-corrected chi connectivity index (χ4v) is 2.09. The summed E-state index contributed by atoms with van der Waals surface area (Å²) in [5.74, 6) is 0.0945. The average Bonchev–Trinajstić information content (AvgIpc) is 2.53. The van der Waals surface area contributed by atoms with Crippen molar-refractivity contribution < 1.29 is 4.79 Å². The zero-order chi connectivity index (χ0) is 10.4. The highest BCUT2D eigenvalue weighted by Crippen LogP contribution is 2.28. The molecule has 2 aromatic rings. The van der Waals surface area contributed by atoms with Crippen LogP contribution in [0.1, 0.15) is 11.1 Å². The Morgan fingerprint density at radius 3 is 2.87 bits per heavy atom. The number of rotatable bonds is 0. The molecule has 0 aliphatic carbocycles. The predicted octanol–water partition coefficient (Wildman–Crippen LogP) is 2.64. The van der Waals surface area contributed by atoms with Crippen LogP contribution in [0.15, 0.2) is 30.3 Å². The standard InChI is InChI=1S/C13H11NO/c1-8-2-3-9-5-11-7-13(15)14-12(11)6-10(9)4-8/h2-6H,7H2,1H3,(H,14,15). The molecule has 3 rings (SSSR count).